The van der Waals surface area contributed by atoms with Gasteiger partial charge >= 0.3 is 0 Å². The zero-order valence-corrected chi connectivity index (χ0v) is 11.5. The summed E-state index contributed by atoms with van der Waals surface area (Å²) in [6, 6.07) is 0. The van der Waals surface area contributed by atoms with Gasteiger partial charge in [-0.25, -0.2) is 4.21 Å². The molecule has 0 aromatic carbocycles. The average molecular weight is 264 g/mol. The average Bonchev–Trinajstić information content (AvgIpc) is 2.20. The molecule has 0 aliphatic carbocycles. The Labute approximate surface area is 103 Å². The maximum absolute atomic E-state index is 10.8. The van der Waals surface area contributed by atoms with Gasteiger partial charge in [0, 0.05) is 17.8 Å². The molecule has 0 aromatic heterocycles. The Kier molecular flexibility index (Phi) is 8.74. The van der Waals surface area contributed by atoms with Crippen LogP contribution in [0.15, 0.2) is 23.8 Å². The highest BCUT2D eigenvalue weighted by atomic mass is 32.8. The predicted molar refractivity (Wildman–Crippen MR) is 71.6 cm³/mol. The molecular formula is C11H20O3S2. The van der Waals surface area contributed by atoms with Crippen molar-refractivity contribution >= 4 is 20.0 Å². The standard InChI is InChI=1S/C11H20O3S2/c1-3-6-11(4-2)7-9-14-8-5-10-16(12,13)15/h3-4,6H,5,7-10H2,1-2H3,(H,12,13,15)/b6-3-,11-4+. The fourth-order valence-electron chi connectivity index (χ4n) is 1.17. The van der Waals surface area contributed by atoms with Crippen LogP contribution in [0, 0.1) is 0 Å². The third-order valence-corrected chi connectivity index (χ3v) is 3.28. The summed E-state index contributed by atoms with van der Waals surface area (Å²) in [6.45, 7) is 5.09. The van der Waals surface area contributed by atoms with E-state index in [-0.39, 0.29) is 5.75 Å². The number of rotatable bonds is 8. The third-order valence-electron chi connectivity index (χ3n) is 1.98. The molecule has 16 heavy (non-hydrogen) atoms. The Morgan fingerprint density at radius 3 is 2.62 bits per heavy atom. The van der Waals surface area contributed by atoms with Gasteiger partial charge in [0.25, 0.3) is 0 Å². The number of hydrogen-bond donors (Lipinski definition) is 1. The largest absolute Gasteiger partial charge is 0.381 e. The van der Waals surface area contributed by atoms with Crippen LogP contribution < -0.4 is 0 Å². The maximum atomic E-state index is 10.8. The zero-order valence-electron chi connectivity index (χ0n) is 9.85. The molecule has 1 N–H and O–H groups in total. The summed E-state index contributed by atoms with van der Waals surface area (Å²) < 4.78 is 24.9. The van der Waals surface area contributed by atoms with Crippen molar-refractivity contribution in [2.45, 2.75) is 26.7 Å². The van der Waals surface area contributed by atoms with Crippen LogP contribution in [0.4, 0.5) is 0 Å². The predicted octanol–water partition coefficient (Wildman–Crippen LogP) is 2.52. The van der Waals surface area contributed by atoms with E-state index in [9.17, 15) is 4.21 Å². The molecule has 1 unspecified atom stereocenters. The number of ether oxygens (including phenoxy) is 1. The van der Waals surface area contributed by atoms with Crippen LogP contribution in [-0.2, 0) is 24.7 Å². The molecule has 0 rings (SSSR count). The van der Waals surface area contributed by atoms with E-state index in [4.69, 9.17) is 9.29 Å². The van der Waals surface area contributed by atoms with Gasteiger partial charge in [-0.05, 0) is 26.7 Å². The van der Waals surface area contributed by atoms with Crippen LogP contribution in [0.5, 0.6) is 0 Å². The summed E-state index contributed by atoms with van der Waals surface area (Å²) in [5.74, 6) is 0.133. The molecule has 0 aliphatic rings. The summed E-state index contributed by atoms with van der Waals surface area (Å²) in [5, 5.41) is 0. The Morgan fingerprint density at radius 1 is 1.44 bits per heavy atom. The molecule has 3 nitrogen and oxygen atoms in total. The van der Waals surface area contributed by atoms with Gasteiger partial charge in [-0.2, -0.15) is 0 Å². The molecule has 0 fully saturated rings. The summed E-state index contributed by atoms with van der Waals surface area (Å²) in [6.07, 6.45) is 7.49. The molecule has 1 atom stereocenters. The van der Waals surface area contributed by atoms with Crippen LogP contribution in [0.2, 0.25) is 0 Å². The van der Waals surface area contributed by atoms with E-state index in [1.807, 2.05) is 32.1 Å². The lowest BCUT2D eigenvalue weighted by Gasteiger charge is -2.04. The van der Waals surface area contributed by atoms with Crippen LogP contribution in [-0.4, -0.2) is 27.7 Å². The minimum absolute atomic E-state index is 0.133. The molecule has 0 spiro atoms. The summed E-state index contributed by atoms with van der Waals surface area (Å²) in [5.41, 5.74) is 1.23. The molecule has 0 aliphatic heterocycles. The van der Waals surface area contributed by atoms with Crippen molar-refractivity contribution in [3.05, 3.63) is 23.8 Å². The molecule has 0 saturated heterocycles. The van der Waals surface area contributed by atoms with Crippen LogP contribution in [0.1, 0.15) is 26.7 Å². The lowest BCUT2D eigenvalue weighted by atomic mass is 10.2. The van der Waals surface area contributed by atoms with Gasteiger partial charge in [0.05, 0.1) is 12.4 Å². The van der Waals surface area contributed by atoms with E-state index < -0.39 is 8.77 Å². The molecule has 5 heteroatoms. The van der Waals surface area contributed by atoms with Crippen molar-refractivity contribution in [3.63, 3.8) is 0 Å². The second-order valence-electron chi connectivity index (χ2n) is 3.37. The number of allylic oxidation sites excluding steroid dienone is 3. The Bertz CT molecular complexity index is 329. The highest BCUT2D eigenvalue weighted by Gasteiger charge is 1.99. The Morgan fingerprint density at radius 2 is 2.12 bits per heavy atom. The van der Waals surface area contributed by atoms with Crippen molar-refractivity contribution < 1.29 is 13.5 Å². The van der Waals surface area contributed by atoms with Gasteiger partial charge in [-0.15, -0.1) is 0 Å². The van der Waals surface area contributed by atoms with E-state index in [1.54, 1.807) is 0 Å². The first kappa shape index (κ1) is 15.8. The van der Waals surface area contributed by atoms with Gasteiger partial charge in [-0.1, -0.05) is 23.8 Å². The number of hydrogen-bond acceptors (Lipinski definition) is 3. The van der Waals surface area contributed by atoms with Crippen LogP contribution >= 0.6 is 0 Å². The minimum atomic E-state index is -3.01. The fourth-order valence-corrected chi connectivity index (χ4v) is 2.01. The van der Waals surface area contributed by atoms with Gasteiger partial charge in [0.15, 0.2) is 0 Å². The normalized spacial score (nSPS) is 16.6. The van der Waals surface area contributed by atoms with Crippen molar-refractivity contribution in [3.8, 4) is 0 Å². The van der Waals surface area contributed by atoms with Crippen molar-refractivity contribution in [2.24, 2.45) is 0 Å². The summed E-state index contributed by atoms with van der Waals surface area (Å²) in [7, 11) is -3.01. The maximum Gasteiger partial charge on any atom is 0.141 e. The smallest absolute Gasteiger partial charge is 0.141 e. The molecule has 0 heterocycles. The first-order valence-corrected chi connectivity index (χ1v) is 7.91. The Hall–Kier alpha value is -0.230. The van der Waals surface area contributed by atoms with Gasteiger partial charge in [0.1, 0.15) is 8.77 Å². The molecule has 0 amide bonds. The lowest BCUT2D eigenvalue weighted by Crippen LogP contribution is -2.06. The first-order chi connectivity index (χ1) is 7.49. The zero-order chi connectivity index (χ0) is 12.4. The van der Waals surface area contributed by atoms with Crippen LogP contribution in [0.3, 0.4) is 0 Å². The van der Waals surface area contributed by atoms with Crippen molar-refractivity contribution in [1.29, 1.82) is 0 Å². The summed E-state index contributed by atoms with van der Waals surface area (Å²) >= 11 is 4.37. The molecule has 0 saturated carbocycles. The monoisotopic (exact) mass is 264 g/mol. The fraction of sp³-hybridized carbons (Fsp3) is 0.636. The first-order valence-electron chi connectivity index (χ1n) is 5.30. The van der Waals surface area contributed by atoms with E-state index >= 15 is 0 Å². The van der Waals surface area contributed by atoms with Gasteiger partial charge in [-0.3, -0.25) is 0 Å². The SMILES string of the molecule is C/C=C\C(=C/C)CCOCCCS(=O)(O)=S. The second kappa shape index (κ2) is 8.87. The van der Waals surface area contributed by atoms with E-state index in [2.05, 4.69) is 11.2 Å². The third kappa shape index (κ3) is 10.3. The van der Waals surface area contributed by atoms with E-state index in [1.165, 1.54) is 5.57 Å². The van der Waals surface area contributed by atoms with E-state index in [0.29, 0.717) is 19.6 Å². The van der Waals surface area contributed by atoms with E-state index in [0.717, 1.165) is 6.42 Å². The quantitative estimate of drug-likeness (QED) is 0.540. The minimum Gasteiger partial charge on any atom is -0.381 e. The molecular weight excluding hydrogens is 244 g/mol. The lowest BCUT2D eigenvalue weighted by molar-refractivity contribution is 0.138. The highest BCUT2D eigenvalue weighted by molar-refractivity contribution is 8.29. The second-order valence-corrected chi connectivity index (χ2v) is 6.50. The molecule has 94 valence electrons. The summed E-state index contributed by atoms with van der Waals surface area (Å²) in [4.78, 5) is 0. The van der Waals surface area contributed by atoms with Crippen molar-refractivity contribution in [2.75, 3.05) is 19.0 Å². The van der Waals surface area contributed by atoms with Gasteiger partial charge in [0.2, 0.25) is 0 Å². The van der Waals surface area contributed by atoms with Crippen LogP contribution in [0.25, 0.3) is 0 Å². The topological polar surface area (TPSA) is 46.5 Å². The molecule has 0 aromatic rings. The Balaban J connectivity index is 3.54. The molecule has 0 radical (unpaired) electrons. The van der Waals surface area contributed by atoms with Crippen molar-refractivity contribution in [1.82, 2.24) is 0 Å². The highest BCUT2D eigenvalue weighted by Crippen LogP contribution is 2.03. The van der Waals surface area contributed by atoms with Gasteiger partial charge < -0.3 is 9.29 Å². The molecule has 0 bridgehead atoms.